The van der Waals surface area contributed by atoms with Gasteiger partial charge in [0, 0.05) is 11.5 Å². The topological polar surface area (TPSA) is 17.8 Å². The van der Waals surface area contributed by atoms with Crippen molar-refractivity contribution in [3.8, 4) is 11.3 Å². The van der Waals surface area contributed by atoms with Gasteiger partial charge in [0.25, 0.3) is 5.92 Å². The van der Waals surface area contributed by atoms with E-state index < -0.39 is 17.8 Å². The second-order valence-corrected chi connectivity index (χ2v) is 6.18. The molecule has 0 bridgehead atoms. The Morgan fingerprint density at radius 2 is 1.90 bits per heavy atom. The van der Waals surface area contributed by atoms with Crippen LogP contribution in [0.25, 0.3) is 11.3 Å². The molecule has 1 aromatic carbocycles. The second kappa shape index (κ2) is 3.87. The van der Waals surface area contributed by atoms with Crippen LogP contribution >= 0.6 is 15.9 Å². The number of halogens is 4. The molecule has 1 aromatic heterocycles. The van der Waals surface area contributed by atoms with Gasteiger partial charge < -0.3 is 0 Å². The monoisotopic (exact) mass is 342 g/mol. The molecular weight excluding hydrogens is 333 g/mol. The van der Waals surface area contributed by atoms with Gasteiger partial charge >= 0.3 is 0 Å². The largest absolute Gasteiger partial charge is 0.267 e. The van der Waals surface area contributed by atoms with Crippen LogP contribution in [0.5, 0.6) is 0 Å². The van der Waals surface area contributed by atoms with E-state index in [0.717, 1.165) is 15.7 Å². The first-order valence-corrected chi connectivity index (χ1v) is 7.16. The normalized spacial score (nSPS) is 26.0. The van der Waals surface area contributed by atoms with Gasteiger partial charge in [-0.2, -0.15) is 5.10 Å². The number of alkyl halides is 2. The summed E-state index contributed by atoms with van der Waals surface area (Å²) >= 11 is 3.45. The molecule has 1 aliphatic heterocycles. The lowest BCUT2D eigenvalue weighted by atomic mass is 10.1. The van der Waals surface area contributed by atoms with Crippen molar-refractivity contribution in [3.05, 3.63) is 40.2 Å². The van der Waals surface area contributed by atoms with E-state index in [0.29, 0.717) is 12.1 Å². The summed E-state index contributed by atoms with van der Waals surface area (Å²) in [5, 5.41) is 4.41. The number of fused-ring (bicyclic) bond motifs is 2. The maximum atomic E-state index is 13.4. The molecule has 2 atom stereocenters. The fourth-order valence-electron chi connectivity index (χ4n) is 3.00. The van der Waals surface area contributed by atoms with Crippen LogP contribution in [0.1, 0.15) is 5.69 Å². The number of benzene rings is 1. The molecule has 1 saturated carbocycles. The highest BCUT2D eigenvalue weighted by atomic mass is 79.9. The number of rotatable bonds is 1. The lowest BCUT2D eigenvalue weighted by Crippen LogP contribution is -2.13. The number of nitrogens with zero attached hydrogens (tertiary/aromatic N) is 2. The molecule has 1 fully saturated rings. The first-order chi connectivity index (χ1) is 9.48. The number of hydrogen-bond acceptors (Lipinski definition) is 1. The van der Waals surface area contributed by atoms with Crippen molar-refractivity contribution in [3.63, 3.8) is 0 Å². The Kier molecular flexibility index (Phi) is 2.41. The van der Waals surface area contributed by atoms with Crippen LogP contribution < -0.4 is 0 Å². The summed E-state index contributed by atoms with van der Waals surface area (Å²) in [6.07, 6.45) is 0.340. The highest BCUT2D eigenvalue weighted by molar-refractivity contribution is 9.10. The van der Waals surface area contributed by atoms with Gasteiger partial charge in [-0.05, 0) is 46.6 Å². The Bertz CT molecular complexity index is 693. The van der Waals surface area contributed by atoms with E-state index >= 15 is 0 Å². The third-order valence-corrected chi connectivity index (χ3v) is 5.09. The highest BCUT2D eigenvalue weighted by Gasteiger charge is 2.69. The standard InChI is InChI=1S/C14H10BrF3N2/c15-12-11-5-9-10(14(9,17)18)6-20(11)19-13(12)7-1-3-8(16)4-2-7/h1-4,9-10H,5-6H2. The molecule has 0 radical (unpaired) electrons. The third-order valence-electron chi connectivity index (χ3n) is 4.26. The predicted molar refractivity (Wildman–Crippen MR) is 71.0 cm³/mol. The summed E-state index contributed by atoms with van der Waals surface area (Å²) < 4.78 is 42.2. The van der Waals surface area contributed by atoms with E-state index in [2.05, 4.69) is 21.0 Å². The average Bonchev–Trinajstić information content (AvgIpc) is 2.79. The Morgan fingerprint density at radius 1 is 1.20 bits per heavy atom. The molecule has 6 heteroatoms. The first kappa shape index (κ1) is 12.4. The molecule has 1 aliphatic carbocycles. The van der Waals surface area contributed by atoms with Crippen LogP contribution in [0.3, 0.4) is 0 Å². The summed E-state index contributed by atoms with van der Waals surface area (Å²) in [7, 11) is 0. The summed E-state index contributed by atoms with van der Waals surface area (Å²) in [5.41, 5.74) is 2.27. The van der Waals surface area contributed by atoms with E-state index in [9.17, 15) is 13.2 Å². The molecule has 0 N–H and O–H groups in total. The molecule has 2 aliphatic rings. The minimum Gasteiger partial charge on any atom is -0.267 e. The van der Waals surface area contributed by atoms with E-state index in [-0.39, 0.29) is 12.4 Å². The van der Waals surface area contributed by atoms with Crippen molar-refractivity contribution in [1.82, 2.24) is 9.78 Å². The van der Waals surface area contributed by atoms with Gasteiger partial charge in [-0.25, -0.2) is 13.2 Å². The van der Waals surface area contributed by atoms with Gasteiger partial charge in [0.05, 0.1) is 22.6 Å². The smallest absolute Gasteiger partial charge is 0.256 e. The maximum absolute atomic E-state index is 13.4. The fourth-order valence-corrected chi connectivity index (χ4v) is 3.67. The molecule has 0 spiro atoms. The van der Waals surface area contributed by atoms with Crippen LogP contribution in [0.15, 0.2) is 28.7 Å². The van der Waals surface area contributed by atoms with Gasteiger partial charge in [0.1, 0.15) is 11.5 Å². The van der Waals surface area contributed by atoms with E-state index in [1.165, 1.54) is 12.1 Å². The lowest BCUT2D eigenvalue weighted by molar-refractivity contribution is 0.0836. The van der Waals surface area contributed by atoms with Crippen LogP contribution in [0, 0.1) is 17.7 Å². The van der Waals surface area contributed by atoms with Crippen LogP contribution in [0.2, 0.25) is 0 Å². The van der Waals surface area contributed by atoms with Gasteiger partial charge in [-0.1, -0.05) is 0 Å². The Balaban J connectivity index is 1.74. The van der Waals surface area contributed by atoms with Crippen molar-refractivity contribution < 1.29 is 13.2 Å². The van der Waals surface area contributed by atoms with E-state index in [1.54, 1.807) is 16.8 Å². The summed E-state index contributed by atoms with van der Waals surface area (Å²) in [6.45, 7) is 0.257. The minimum atomic E-state index is -2.55. The molecule has 2 aromatic rings. The Hall–Kier alpha value is -1.30. The van der Waals surface area contributed by atoms with Crippen LogP contribution in [-0.2, 0) is 13.0 Å². The maximum Gasteiger partial charge on any atom is 0.256 e. The third kappa shape index (κ3) is 1.60. The molecule has 104 valence electrons. The molecule has 2 unspecified atom stereocenters. The summed E-state index contributed by atoms with van der Waals surface area (Å²) in [6, 6.07) is 6.02. The number of hydrogen-bond donors (Lipinski definition) is 0. The van der Waals surface area contributed by atoms with Crippen LogP contribution in [0.4, 0.5) is 13.2 Å². The van der Waals surface area contributed by atoms with Gasteiger partial charge in [-0.15, -0.1) is 0 Å². The SMILES string of the molecule is Fc1ccc(-c2nn3c(c2Br)CC2C(C3)C2(F)F)cc1. The van der Waals surface area contributed by atoms with Gasteiger partial charge in [0.2, 0.25) is 0 Å². The first-order valence-electron chi connectivity index (χ1n) is 6.37. The number of aromatic nitrogens is 2. The Morgan fingerprint density at radius 3 is 2.60 bits per heavy atom. The van der Waals surface area contributed by atoms with E-state index in [4.69, 9.17) is 0 Å². The second-order valence-electron chi connectivity index (χ2n) is 5.39. The van der Waals surface area contributed by atoms with Gasteiger partial charge in [-0.3, -0.25) is 4.68 Å². The van der Waals surface area contributed by atoms with Crippen molar-refractivity contribution >= 4 is 15.9 Å². The molecule has 4 rings (SSSR count). The molecule has 20 heavy (non-hydrogen) atoms. The quantitative estimate of drug-likeness (QED) is 0.768. The summed E-state index contributed by atoms with van der Waals surface area (Å²) in [4.78, 5) is 0. The van der Waals surface area contributed by atoms with E-state index in [1.807, 2.05) is 0 Å². The average molecular weight is 343 g/mol. The molecule has 0 amide bonds. The zero-order valence-corrected chi connectivity index (χ0v) is 11.9. The highest BCUT2D eigenvalue weighted by Crippen LogP contribution is 2.60. The van der Waals surface area contributed by atoms with Crippen molar-refractivity contribution in [1.29, 1.82) is 0 Å². The Labute approximate surface area is 121 Å². The van der Waals surface area contributed by atoms with Crippen molar-refractivity contribution in [2.24, 2.45) is 11.8 Å². The zero-order chi connectivity index (χ0) is 14.1. The molecular formula is C14H10BrF3N2. The minimum absolute atomic E-state index is 0.257. The molecule has 0 saturated heterocycles. The molecule has 2 heterocycles. The van der Waals surface area contributed by atoms with Crippen LogP contribution in [-0.4, -0.2) is 15.7 Å². The fraction of sp³-hybridized carbons (Fsp3) is 0.357. The summed E-state index contributed by atoms with van der Waals surface area (Å²) in [5.74, 6) is -3.99. The van der Waals surface area contributed by atoms with Gasteiger partial charge in [0.15, 0.2) is 0 Å². The van der Waals surface area contributed by atoms with Crippen molar-refractivity contribution in [2.75, 3.05) is 0 Å². The molecule has 2 nitrogen and oxygen atoms in total. The predicted octanol–water partition coefficient (Wildman–Crippen LogP) is 3.89. The lowest BCUT2D eigenvalue weighted by Gasteiger charge is -2.10. The zero-order valence-electron chi connectivity index (χ0n) is 10.3. The van der Waals surface area contributed by atoms with Crippen molar-refractivity contribution in [2.45, 2.75) is 18.9 Å².